The van der Waals surface area contributed by atoms with Gasteiger partial charge >= 0.3 is 5.97 Å². The predicted molar refractivity (Wildman–Crippen MR) is 94.3 cm³/mol. The first-order valence-corrected chi connectivity index (χ1v) is 7.78. The number of ether oxygens (including phenoxy) is 2. The lowest BCUT2D eigenvalue weighted by Crippen LogP contribution is -2.30. The van der Waals surface area contributed by atoms with E-state index in [9.17, 15) is 14.7 Å². The van der Waals surface area contributed by atoms with Crippen LogP contribution in [0.5, 0.6) is 17.2 Å². The fourth-order valence-electron chi connectivity index (χ4n) is 2.35. The minimum Gasteiger partial charge on any atom is -0.505 e. The Hall–Kier alpha value is -3.61. The number of hydrogen-bond acceptors (Lipinski definition) is 6. The molecule has 1 heterocycles. The van der Waals surface area contributed by atoms with Gasteiger partial charge in [0, 0.05) is 17.0 Å². The van der Waals surface area contributed by atoms with Crippen LogP contribution < -0.4 is 10.1 Å². The third kappa shape index (κ3) is 3.72. The molecule has 132 valence electrons. The fraction of sp³-hybridized carbons (Fsp3) is 0.105. The van der Waals surface area contributed by atoms with Crippen molar-refractivity contribution in [1.29, 1.82) is 0 Å². The van der Waals surface area contributed by atoms with E-state index >= 15 is 0 Å². The molecular weight excluding hydrogens is 336 g/mol. The number of amides is 1. The Balaban J connectivity index is 1.84. The molecule has 0 aliphatic rings. The van der Waals surface area contributed by atoms with Gasteiger partial charge < -0.3 is 19.9 Å². The van der Waals surface area contributed by atoms with Crippen molar-refractivity contribution in [2.24, 2.45) is 0 Å². The molecule has 7 nitrogen and oxygen atoms in total. The number of para-hydroxylation sites is 1. The highest BCUT2D eigenvalue weighted by molar-refractivity contribution is 6.02. The number of pyridine rings is 1. The molecular formula is C19H16N2O5. The zero-order valence-electron chi connectivity index (χ0n) is 13.9. The summed E-state index contributed by atoms with van der Waals surface area (Å²) in [5.74, 6) is -0.271. The van der Waals surface area contributed by atoms with Crippen molar-refractivity contribution in [2.45, 2.75) is 0 Å². The number of benzene rings is 2. The zero-order valence-corrected chi connectivity index (χ0v) is 13.9. The number of methoxy groups -OCH3 is 1. The van der Waals surface area contributed by atoms with Gasteiger partial charge in [-0.1, -0.05) is 18.2 Å². The van der Waals surface area contributed by atoms with Crippen molar-refractivity contribution in [3.05, 3.63) is 60.4 Å². The Kier molecular flexibility index (Phi) is 4.98. The Morgan fingerprint density at radius 3 is 2.62 bits per heavy atom. The van der Waals surface area contributed by atoms with Crippen LogP contribution in [-0.4, -0.2) is 35.6 Å². The summed E-state index contributed by atoms with van der Waals surface area (Å²) in [6, 6.07) is 14.3. The summed E-state index contributed by atoms with van der Waals surface area (Å²) in [4.78, 5) is 27.2. The molecule has 3 aromatic rings. The number of rotatable bonds is 5. The van der Waals surface area contributed by atoms with Gasteiger partial charge in [0.1, 0.15) is 18.0 Å². The maximum atomic E-state index is 12.1. The van der Waals surface area contributed by atoms with Crippen LogP contribution >= 0.6 is 0 Å². The number of aromatic nitrogens is 1. The average molecular weight is 352 g/mol. The maximum absolute atomic E-state index is 12.1. The van der Waals surface area contributed by atoms with Gasteiger partial charge in [-0.05, 0) is 30.3 Å². The molecule has 0 spiro atoms. The van der Waals surface area contributed by atoms with Gasteiger partial charge in [-0.25, -0.2) is 4.98 Å². The third-order valence-corrected chi connectivity index (χ3v) is 3.65. The molecule has 3 rings (SSSR count). The number of esters is 1. The van der Waals surface area contributed by atoms with E-state index in [0.29, 0.717) is 22.3 Å². The molecule has 0 aliphatic heterocycles. The number of fused-ring (bicyclic) bond motifs is 1. The van der Waals surface area contributed by atoms with E-state index in [4.69, 9.17) is 4.74 Å². The highest BCUT2D eigenvalue weighted by Crippen LogP contribution is 2.31. The van der Waals surface area contributed by atoms with Gasteiger partial charge in [0.15, 0.2) is 11.4 Å². The summed E-state index contributed by atoms with van der Waals surface area (Å²) in [5.41, 5.74) is -0.168. The number of aromatic hydroxyl groups is 1. The molecule has 0 radical (unpaired) electrons. The van der Waals surface area contributed by atoms with E-state index in [2.05, 4.69) is 15.0 Å². The zero-order chi connectivity index (χ0) is 18.5. The van der Waals surface area contributed by atoms with E-state index in [-0.39, 0.29) is 18.0 Å². The highest BCUT2D eigenvalue weighted by atomic mass is 16.5. The lowest BCUT2D eigenvalue weighted by Gasteiger charge is -2.10. The molecule has 0 aliphatic carbocycles. The molecule has 0 saturated heterocycles. The van der Waals surface area contributed by atoms with Crippen LogP contribution in [0.15, 0.2) is 54.7 Å². The lowest BCUT2D eigenvalue weighted by molar-refractivity contribution is -0.139. The molecule has 26 heavy (non-hydrogen) atoms. The average Bonchev–Trinajstić information content (AvgIpc) is 2.67. The van der Waals surface area contributed by atoms with Crippen LogP contribution in [0, 0.1) is 0 Å². The van der Waals surface area contributed by atoms with Gasteiger partial charge in [0.05, 0.1) is 7.11 Å². The molecule has 2 N–H and O–H groups in total. The molecule has 1 amide bonds. The number of carbonyl (C=O) groups is 2. The molecule has 1 aromatic heterocycles. The normalized spacial score (nSPS) is 10.3. The van der Waals surface area contributed by atoms with Crippen molar-refractivity contribution >= 4 is 22.6 Å². The minimum absolute atomic E-state index is 0.168. The number of nitrogens with one attached hydrogen (secondary N) is 1. The second-order valence-corrected chi connectivity index (χ2v) is 5.38. The first-order chi connectivity index (χ1) is 12.6. The van der Waals surface area contributed by atoms with Crippen LogP contribution in [0.2, 0.25) is 0 Å². The van der Waals surface area contributed by atoms with Crippen molar-refractivity contribution in [3.63, 3.8) is 0 Å². The highest BCUT2D eigenvalue weighted by Gasteiger charge is 2.17. The Bertz CT molecular complexity index is 957. The summed E-state index contributed by atoms with van der Waals surface area (Å²) in [6.07, 6.45) is 1.46. The van der Waals surface area contributed by atoms with Crippen LogP contribution in [0.4, 0.5) is 0 Å². The topological polar surface area (TPSA) is 97.8 Å². The number of hydrogen-bond donors (Lipinski definition) is 2. The number of nitrogens with zero attached hydrogens (tertiary/aromatic N) is 1. The van der Waals surface area contributed by atoms with Gasteiger partial charge in [-0.15, -0.1) is 0 Å². The molecule has 0 bridgehead atoms. The van der Waals surface area contributed by atoms with Gasteiger partial charge in [-0.2, -0.15) is 0 Å². The first kappa shape index (κ1) is 17.2. The lowest BCUT2D eigenvalue weighted by atomic mass is 10.1. The van der Waals surface area contributed by atoms with Gasteiger partial charge in [-0.3, -0.25) is 9.59 Å². The van der Waals surface area contributed by atoms with Crippen molar-refractivity contribution in [1.82, 2.24) is 10.3 Å². The summed E-state index contributed by atoms with van der Waals surface area (Å²) < 4.78 is 10.2. The van der Waals surface area contributed by atoms with Crippen LogP contribution in [-0.2, 0) is 9.53 Å². The van der Waals surface area contributed by atoms with Crippen LogP contribution in [0.25, 0.3) is 10.8 Å². The van der Waals surface area contributed by atoms with E-state index in [1.807, 2.05) is 30.3 Å². The fourth-order valence-corrected chi connectivity index (χ4v) is 2.35. The van der Waals surface area contributed by atoms with E-state index in [0.717, 1.165) is 0 Å². The van der Waals surface area contributed by atoms with E-state index < -0.39 is 11.9 Å². The summed E-state index contributed by atoms with van der Waals surface area (Å²) in [5, 5.41) is 13.7. The van der Waals surface area contributed by atoms with Crippen LogP contribution in [0.3, 0.4) is 0 Å². The summed E-state index contributed by atoms with van der Waals surface area (Å²) >= 11 is 0. The Morgan fingerprint density at radius 2 is 1.88 bits per heavy atom. The first-order valence-electron chi connectivity index (χ1n) is 7.78. The summed E-state index contributed by atoms with van der Waals surface area (Å²) in [7, 11) is 1.22. The largest absolute Gasteiger partial charge is 0.505 e. The van der Waals surface area contributed by atoms with Gasteiger partial charge in [0.25, 0.3) is 5.91 Å². The molecule has 7 heteroatoms. The predicted octanol–water partition coefficient (Wildman–Crippen LogP) is 2.64. The minimum atomic E-state index is -0.667. The molecule has 0 fully saturated rings. The SMILES string of the molecule is COC(=O)CNC(=O)c1ncc2cc(Oc3ccccc3)ccc2c1O. The molecule has 0 unspecified atom stereocenters. The summed E-state index contributed by atoms with van der Waals surface area (Å²) in [6.45, 7) is -0.307. The standard InChI is InChI=1S/C19H16N2O5/c1-25-16(22)11-21-19(24)17-18(23)15-8-7-14(9-12(15)10-20-17)26-13-5-3-2-4-6-13/h2-10,23H,11H2,1H3,(H,21,24). The number of carbonyl (C=O) groups excluding carboxylic acids is 2. The molecule has 0 saturated carbocycles. The van der Waals surface area contributed by atoms with E-state index in [1.54, 1.807) is 18.2 Å². The van der Waals surface area contributed by atoms with Crippen LogP contribution in [0.1, 0.15) is 10.5 Å². The quantitative estimate of drug-likeness (QED) is 0.685. The van der Waals surface area contributed by atoms with Crippen molar-refractivity contribution < 1.29 is 24.2 Å². The van der Waals surface area contributed by atoms with Gasteiger partial charge in [0.2, 0.25) is 0 Å². The Labute approximate surface area is 149 Å². The second kappa shape index (κ2) is 7.52. The Morgan fingerprint density at radius 1 is 1.12 bits per heavy atom. The maximum Gasteiger partial charge on any atom is 0.325 e. The molecule has 2 aromatic carbocycles. The smallest absolute Gasteiger partial charge is 0.325 e. The molecule has 0 atom stereocenters. The van der Waals surface area contributed by atoms with Crippen molar-refractivity contribution in [3.8, 4) is 17.2 Å². The third-order valence-electron chi connectivity index (χ3n) is 3.65. The van der Waals surface area contributed by atoms with E-state index in [1.165, 1.54) is 13.3 Å². The monoisotopic (exact) mass is 352 g/mol. The van der Waals surface area contributed by atoms with Crippen molar-refractivity contribution in [2.75, 3.05) is 13.7 Å². The second-order valence-electron chi connectivity index (χ2n) is 5.38.